The van der Waals surface area contributed by atoms with Crippen LogP contribution >= 0.6 is 15.9 Å². The number of hydrogen-bond acceptors (Lipinski definition) is 2. The largest absolute Gasteiger partial charge is 0.435 e. The lowest BCUT2D eigenvalue weighted by molar-refractivity contribution is -0.0498. The fourth-order valence-corrected chi connectivity index (χ4v) is 1.89. The summed E-state index contributed by atoms with van der Waals surface area (Å²) in [6.45, 7) is 0.228. The first-order valence-electron chi connectivity index (χ1n) is 5.48. The van der Waals surface area contributed by atoms with E-state index < -0.39 is 6.61 Å². The Kier molecular flexibility index (Phi) is 6.04. The van der Waals surface area contributed by atoms with Crippen molar-refractivity contribution in [2.45, 2.75) is 13.5 Å². The van der Waals surface area contributed by atoms with Crippen molar-refractivity contribution in [3.8, 4) is 5.75 Å². The zero-order valence-electron chi connectivity index (χ0n) is 9.91. The van der Waals surface area contributed by atoms with Crippen LogP contribution < -0.4 is 4.74 Å². The summed E-state index contributed by atoms with van der Waals surface area (Å²) in [7, 11) is 0. The van der Waals surface area contributed by atoms with Gasteiger partial charge in [-0.25, -0.2) is 0 Å². The van der Waals surface area contributed by atoms with E-state index in [1.807, 2.05) is 6.92 Å². The number of alkyl halides is 3. The zero-order chi connectivity index (χ0) is 13.5. The van der Waals surface area contributed by atoms with E-state index in [0.29, 0.717) is 24.0 Å². The average molecular weight is 322 g/mol. The molecule has 1 aromatic rings. The fourth-order valence-electron chi connectivity index (χ4n) is 1.47. The first-order chi connectivity index (χ1) is 8.58. The maximum absolute atomic E-state index is 12.0. The molecular weight excluding hydrogens is 308 g/mol. The van der Waals surface area contributed by atoms with Gasteiger partial charge in [0.15, 0.2) is 0 Å². The fraction of sp³-hybridized carbons (Fsp3) is 0.417. The summed E-state index contributed by atoms with van der Waals surface area (Å²) in [5.74, 6) is -0.0781. The lowest BCUT2D eigenvalue weighted by Gasteiger charge is -2.19. The molecule has 18 heavy (non-hydrogen) atoms. The number of ether oxygens (including phenoxy) is 1. The van der Waals surface area contributed by atoms with Crippen LogP contribution in [-0.4, -0.2) is 35.8 Å². The molecule has 0 N–H and O–H groups in total. The summed E-state index contributed by atoms with van der Waals surface area (Å²) in [4.78, 5) is 13.7. The highest BCUT2D eigenvalue weighted by Gasteiger charge is 2.13. The maximum atomic E-state index is 12.0. The summed E-state index contributed by atoms with van der Waals surface area (Å²) in [6, 6.07) is 5.69. The van der Waals surface area contributed by atoms with Gasteiger partial charge < -0.3 is 9.64 Å². The normalized spacial score (nSPS) is 10.5. The number of halogens is 3. The Morgan fingerprint density at radius 2 is 2.00 bits per heavy atom. The second-order valence-corrected chi connectivity index (χ2v) is 4.27. The van der Waals surface area contributed by atoms with Crippen LogP contribution in [0.5, 0.6) is 5.75 Å². The van der Waals surface area contributed by atoms with Gasteiger partial charge >= 0.3 is 6.61 Å². The SMILES string of the molecule is CCN(CCBr)C(=O)c1ccc(OC(F)F)cc1. The molecule has 0 spiro atoms. The number of hydrogen-bond donors (Lipinski definition) is 0. The topological polar surface area (TPSA) is 29.5 Å². The molecule has 0 unspecified atom stereocenters. The van der Waals surface area contributed by atoms with Crippen molar-refractivity contribution in [1.82, 2.24) is 4.90 Å². The molecule has 0 heterocycles. The minimum atomic E-state index is -2.85. The van der Waals surface area contributed by atoms with Crippen LogP contribution in [0.3, 0.4) is 0 Å². The lowest BCUT2D eigenvalue weighted by atomic mass is 10.2. The summed E-state index contributed by atoms with van der Waals surface area (Å²) in [6.07, 6.45) is 0. The standard InChI is InChI=1S/C12H14BrF2NO2/c1-2-16(8-7-13)11(17)9-3-5-10(6-4-9)18-12(14)15/h3-6,12H,2,7-8H2,1H3. The summed E-state index contributed by atoms with van der Waals surface area (Å²) >= 11 is 3.27. The molecule has 100 valence electrons. The molecule has 1 amide bonds. The third-order valence-electron chi connectivity index (χ3n) is 2.35. The number of amides is 1. The van der Waals surface area contributed by atoms with E-state index in [9.17, 15) is 13.6 Å². The number of carbonyl (C=O) groups excluding carboxylic acids is 1. The van der Waals surface area contributed by atoms with E-state index in [1.165, 1.54) is 24.3 Å². The van der Waals surface area contributed by atoms with Gasteiger partial charge in [-0.1, -0.05) is 15.9 Å². The van der Waals surface area contributed by atoms with Gasteiger partial charge in [-0.3, -0.25) is 4.79 Å². The zero-order valence-corrected chi connectivity index (χ0v) is 11.5. The maximum Gasteiger partial charge on any atom is 0.387 e. The van der Waals surface area contributed by atoms with Crippen molar-refractivity contribution >= 4 is 21.8 Å². The molecule has 0 aliphatic rings. The molecule has 0 aliphatic carbocycles. The number of benzene rings is 1. The first-order valence-corrected chi connectivity index (χ1v) is 6.60. The van der Waals surface area contributed by atoms with Gasteiger partial charge in [0.1, 0.15) is 5.75 Å². The summed E-state index contributed by atoms with van der Waals surface area (Å²) < 4.78 is 28.1. The number of nitrogens with zero attached hydrogens (tertiary/aromatic N) is 1. The molecular formula is C12H14BrF2NO2. The molecule has 0 bridgehead atoms. The summed E-state index contributed by atoms with van der Waals surface area (Å²) in [5, 5.41) is 0.694. The van der Waals surface area contributed by atoms with E-state index in [4.69, 9.17) is 0 Å². The molecule has 0 aliphatic heterocycles. The highest BCUT2D eigenvalue weighted by Crippen LogP contribution is 2.16. The molecule has 1 rings (SSSR count). The van der Waals surface area contributed by atoms with Crippen molar-refractivity contribution in [3.63, 3.8) is 0 Å². The Morgan fingerprint density at radius 3 is 2.44 bits per heavy atom. The van der Waals surface area contributed by atoms with E-state index in [-0.39, 0.29) is 11.7 Å². The van der Waals surface area contributed by atoms with Gasteiger partial charge in [0.25, 0.3) is 5.91 Å². The van der Waals surface area contributed by atoms with Crippen LogP contribution in [0.15, 0.2) is 24.3 Å². The van der Waals surface area contributed by atoms with E-state index in [1.54, 1.807) is 4.90 Å². The van der Waals surface area contributed by atoms with Crippen LogP contribution in [0, 0.1) is 0 Å². The van der Waals surface area contributed by atoms with E-state index in [0.717, 1.165) is 0 Å². The van der Waals surface area contributed by atoms with E-state index in [2.05, 4.69) is 20.7 Å². The van der Waals surface area contributed by atoms with Crippen LogP contribution in [0.1, 0.15) is 17.3 Å². The molecule has 0 atom stereocenters. The van der Waals surface area contributed by atoms with Gasteiger partial charge in [-0.05, 0) is 31.2 Å². The van der Waals surface area contributed by atoms with Crippen LogP contribution in [0.4, 0.5) is 8.78 Å². The summed E-state index contributed by atoms with van der Waals surface area (Å²) in [5.41, 5.74) is 0.458. The minimum Gasteiger partial charge on any atom is -0.435 e. The average Bonchev–Trinajstić information content (AvgIpc) is 2.35. The Hall–Kier alpha value is -1.17. The molecule has 0 radical (unpaired) electrons. The predicted octanol–water partition coefficient (Wildman–Crippen LogP) is 3.15. The molecule has 6 heteroatoms. The van der Waals surface area contributed by atoms with Crippen molar-refractivity contribution in [2.24, 2.45) is 0 Å². The van der Waals surface area contributed by atoms with Gasteiger partial charge in [-0.15, -0.1) is 0 Å². The Morgan fingerprint density at radius 1 is 1.39 bits per heavy atom. The minimum absolute atomic E-state index is 0.0464. The van der Waals surface area contributed by atoms with Crippen LogP contribution in [0.2, 0.25) is 0 Å². The number of rotatable bonds is 6. The number of carbonyl (C=O) groups is 1. The molecule has 1 aromatic carbocycles. The third-order valence-corrected chi connectivity index (χ3v) is 2.70. The highest BCUT2D eigenvalue weighted by atomic mass is 79.9. The first kappa shape index (κ1) is 14.9. The Labute approximate surface area is 113 Å². The second kappa shape index (κ2) is 7.31. The molecule has 0 aromatic heterocycles. The van der Waals surface area contributed by atoms with Gasteiger partial charge in [0.2, 0.25) is 0 Å². The van der Waals surface area contributed by atoms with Crippen LogP contribution in [-0.2, 0) is 0 Å². The predicted molar refractivity (Wildman–Crippen MR) is 68.4 cm³/mol. The van der Waals surface area contributed by atoms with Crippen molar-refractivity contribution in [2.75, 3.05) is 18.4 Å². The monoisotopic (exact) mass is 321 g/mol. The van der Waals surface area contributed by atoms with Crippen LogP contribution in [0.25, 0.3) is 0 Å². The van der Waals surface area contributed by atoms with Crippen molar-refractivity contribution < 1.29 is 18.3 Å². The molecule has 0 saturated heterocycles. The lowest BCUT2D eigenvalue weighted by Crippen LogP contribution is -2.32. The quantitative estimate of drug-likeness (QED) is 0.753. The molecule has 0 saturated carbocycles. The van der Waals surface area contributed by atoms with E-state index >= 15 is 0 Å². The van der Waals surface area contributed by atoms with Gasteiger partial charge in [0.05, 0.1) is 0 Å². The van der Waals surface area contributed by atoms with Crippen molar-refractivity contribution in [1.29, 1.82) is 0 Å². The van der Waals surface area contributed by atoms with Gasteiger partial charge in [-0.2, -0.15) is 8.78 Å². The van der Waals surface area contributed by atoms with Gasteiger partial charge in [0, 0.05) is 24.0 Å². The highest BCUT2D eigenvalue weighted by molar-refractivity contribution is 9.09. The molecule has 3 nitrogen and oxygen atoms in total. The Balaban J connectivity index is 2.74. The second-order valence-electron chi connectivity index (χ2n) is 3.48. The van der Waals surface area contributed by atoms with Crippen molar-refractivity contribution in [3.05, 3.63) is 29.8 Å². The Bertz CT molecular complexity index is 384. The smallest absolute Gasteiger partial charge is 0.387 e. The third kappa shape index (κ3) is 4.25. The molecule has 0 fully saturated rings.